The molecule has 0 atom stereocenters. The smallest absolute Gasteiger partial charge is 0.319 e. The minimum atomic E-state index is -0.175. The Morgan fingerprint density at radius 1 is 1.25 bits per heavy atom. The molecule has 0 aliphatic carbocycles. The van der Waals surface area contributed by atoms with Gasteiger partial charge in [0.25, 0.3) is 0 Å². The van der Waals surface area contributed by atoms with Crippen LogP contribution in [-0.4, -0.2) is 52.6 Å². The molecule has 1 saturated heterocycles. The molecule has 1 fully saturated rings. The maximum Gasteiger partial charge on any atom is 0.319 e. The van der Waals surface area contributed by atoms with Gasteiger partial charge in [-0.3, -0.25) is 0 Å². The van der Waals surface area contributed by atoms with Crippen LogP contribution in [0.5, 0.6) is 0 Å². The minimum Gasteiger partial charge on any atom is -0.331 e. The van der Waals surface area contributed by atoms with Crippen molar-refractivity contribution < 1.29 is 4.79 Å². The van der Waals surface area contributed by atoms with Gasteiger partial charge in [-0.25, -0.2) is 9.78 Å². The normalized spacial score (nSPS) is 18.7. The predicted octanol–water partition coefficient (Wildman–Crippen LogP) is 1.95. The van der Waals surface area contributed by atoms with Gasteiger partial charge in [0.15, 0.2) is 0 Å². The fraction of sp³-hybridized carbons (Fsp3) is 0.444. The molecule has 1 N–H and O–H groups in total. The highest BCUT2D eigenvalue weighted by atomic mass is 16.2. The highest BCUT2D eigenvalue weighted by molar-refractivity contribution is 5.74. The predicted molar refractivity (Wildman–Crippen MR) is 92.0 cm³/mol. The molecule has 0 radical (unpaired) electrons. The average Bonchev–Trinajstić information content (AvgIpc) is 3.06. The summed E-state index contributed by atoms with van der Waals surface area (Å²) >= 11 is 0. The number of imidazole rings is 1. The largest absolute Gasteiger partial charge is 0.331 e. The molecule has 1 spiro atoms. The lowest BCUT2D eigenvalue weighted by molar-refractivity contribution is 0.119. The number of likely N-dealkylation sites (tertiary alicyclic amines) is 1. The van der Waals surface area contributed by atoms with Crippen LogP contribution < -0.4 is 5.32 Å². The molecule has 2 aliphatic rings. The highest BCUT2D eigenvalue weighted by Crippen LogP contribution is 2.36. The Labute approximate surface area is 142 Å². The van der Waals surface area contributed by atoms with Crippen LogP contribution in [0.2, 0.25) is 0 Å². The number of carbonyl (C=O) groups excluding carboxylic acids is 1. The zero-order chi connectivity index (χ0) is 16.7. The lowest BCUT2D eigenvalue weighted by Gasteiger charge is -2.41. The summed E-state index contributed by atoms with van der Waals surface area (Å²) in [7, 11) is 3.61. The maximum atomic E-state index is 12.2. The molecule has 0 saturated carbocycles. The molecule has 6 heteroatoms. The van der Waals surface area contributed by atoms with Gasteiger partial charge in [-0.1, -0.05) is 18.2 Å². The highest BCUT2D eigenvalue weighted by Gasteiger charge is 2.42. The van der Waals surface area contributed by atoms with Crippen molar-refractivity contribution in [1.29, 1.82) is 0 Å². The monoisotopic (exact) mass is 325 g/mol. The Balaban J connectivity index is 1.66. The molecule has 3 heterocycles. The van der Waals surface area contributed by atoms with Gasteiger partial charge in [0.1, 0.15) is 5.82 Å². The first kappa shape index (κ1) is 15.2. The zero-order valence-electron chi connectivity index (χ0n) is 14.2. The number of hydrogen-bond donors (Lipinski definition) is 1. The SMILES string of the molecule is CN(C)C(=O)N1CCC2(CC1)NCc1ccccc1-n1ccnc12. The first-order valence-corrected chi connectivity index (χ1v) is 8.44. The second-order valence-electron chi connectivity index (χ2n) is 6.85. The van der Waals surface area contributed by atoms with Crippen LogP contribution in [0, 0.1) is 0 Å². The Kier molecular flexibility index (Phi) is 3.57. The van der Waals surface area contributed by atoms with Gasteiger partial charge in [0.05, 0.1) is 11.2 Å². The Morgan fingerprint density at radius 3 is 2.75 bits per heavy atom. The van der Waals surface area contributed by atoms with E-state index in [0.29, 0.717) is 0 Å². The van der Waals surface area contributed by atoms with E-state index in [2.05, 4.69) is 39.1 Å². The third-order valence-electron chi connectivity index (χ3n) is 5.21. The van der Waals surface area contributed by atoms with Crippen molar-refractivity contribution >= 4 is 6.03 Å². The summed E-state index contributed by atoms with van der Waals surface area (Å²) < 4.78 is 2.21. The van der Waals surface area contributed by atoms with Gasteiger partial charge in [-0.2, -0.15) is 0 Å². The maximum absolute atomic E-state index is 12.2. The van der Waals surface area contributed by atoms with Crippen molar-refractivity contribution in [2.24, 2.45) is 0 Å². The van der Waals surface area contributed by atoms with Crippen molar-refractivity contribution in [3.8, 4) is 5.69 Å². The molecular weight excluding hydrogens is 302 g/mol. The van der Waals surface area contributed by atoms with Gasteiger partial charge in [-0.15, -0.1) is 0 Å². The third kappa shape index (κ3) is 2.29. The first-order chi connectivity index (χ1) is 11.6. The van der Waals surface area contributed by atoms with E-state index in [1.54, 1.807) is 19.0 Å². The molecule has 1 aromatic heterocycles. The Morgan fingerprint density at radius 2 is 2.00 bits per heavy atom. The number of aromatic nitrogens is 2. The number of rotatable bonds is 0. The average molecular weight is 325 g/mol. The quantitative estimate of drug-likeness (QED) is 0.805. The number of fused-ring (bicyclic) bond motifs is 4. The van der Waals surface area contributed by atoms with E-state index in [0.717, 1.165) is 38.3 Å². The molecule has 2 amide bonds. The summed E-state index contributed by atoms with van der Waals surface area (Å²) in [6, 6.07) is 8.54. The number of piperidine rings is 1. The summed E-state index contributed by atoms with van der Waals surface area (Å²) in [5.41, 5.74) is 2.30. The second-order valence-corrected chi connectivity index (χ2v) is 6.85. The topological polar surface area (TPSA) is 53.4 Å². The summed E-state index contributed by atoms with van der Waals surface area (Å²) in [6.45, 7) is 2.31. The molecule has 0 unspecified atom stereocenters. The van der Waals surface area contributed by atoms with Crippen LogP contribution >= 0.6 is 0 Å². The molecule has 2 aromatic rings. The van der Waals surface area contributed by atoms with Crippen LogP contribution in [0.15, 0.2) is 36.7 Å². The minimum absolute atomic E-state index is 0.0881. The molecule has 2 aliphatic heterocycles. The second kappa shape index (κ2) is 5.63. The summed E-state index contributed by atoms with van der Waals surface area (Å²) in [4.78, 5) is 20.5. The Hall–Kier alpha value is -2.34. The van der Waals surface area contributed by atoms with Gasteiger partial charge >= 0.3 is 6.03 Å². The van der Waals surface area contributed by atoms with E-state index in [-0.39, 0.29) is 11.6 Å². The van der Waals surface area contributed by atoms with Crippen LogP contribution in [0.3, 0.4) is 0 Å². The number of urea groups is 1. The van der Waals surface area contributed by atoms with Crippen LogP contribution in [-0.2, 0) is 12.1 Å². The number of nitrogens with one attached hydrogen (secondary N) is 1. The number of hydrogen-bond acceptors (Lipinski definition) is 3. The van der Waals surface area contributed by atoms with Crippen LogP contribution in [0.25, 0.3) is 5.69 Å². The lowest BCUT2D eigenvalue weighted by Crippen LogP contribution is -2.54. The van der Waals surface area contributed by atoms with E-state index in [4.69, 9.17) is 0 Å². The summed E-state index contributed by atoms with van der Waals surface area (Å²) in [5.74, 6) is 1.06. The number of para-hydroxylation sites is 1. The molecule has 6 nitrogen and oxygen atoms in total. The van der Waals surface area contributed by atoms with E-state index >= 15 is 0 Å². The van der Waals surface area contributed by atoms with Crippen LogP contribution in [0.1, 0.15) is 24.2 Å². The van der Waals surface area contributed by atoms with Gasteiger partial charge in [0.2, 0.25) is 0 Å². The van der Waals surface area contributed by atoms with Crippen molar-refractivity contribution in [1.82, 2.24) is 24.7 Å². The molecule has 126 valence electrons. The van der Waals surface area contributed by atoms with E-state index in [1.807, 2.05) is 17.3 Å². The van der Waals surface area contributed by atoms with E-state index in [1.165, 1.54) is 11.3 Å². The first-order valence-electron chi connectivity index (χ1n) is 8.44. The molecule has 24 heavy (non-hydrogen) atoms. The van der Waals surface area contributed by atoms with Crippen molar-refractivity contribution in [2.45, 2.75) is 24.9 Å². The lowest BCUT2D eigenvalue weighted by atomic mass is 9.86. The fourth-order valence-corrected chi connectivity index (χ4v) is 3.85. The standard InChI is InChI=1S/C18H23N5O/c1-21(2)17(24)22-10-7-18(8-11-22)16-19-9-12-23(16)15-6-4-3-5-14(15)13-20-18/h3-6,9,12,20H,7-8,10-11,13H2,1-2H3. The molecular formula is C18H23N5O. The Bertz CT molecular complexity index is 758. The third-order valence-corrected chi connectivity index (χ3v) is 5.21. The number of amides is 2. The van der Waals surface area contributed by atoms with Gasteiger partial charge in [-0.05, 0) is 24.5 Å². The summed E-state index contributed by atoms with van der Waals surface area (Å²) in [6.07, 6.45) is 5.66. The number of benzene rings is 1. The molecule has 4 rings (SSSR count). The van der Waals surface area contributed by atoms with Crippen molar-refractivity contribution in [2.75, 3.05) is 27.2 Å². The van der Waals surface area contributed by atoms with Crippen LogP contribution in [0.4, 0.5) is 4.79 Å². The van der Waals surface area contributed by atoms with Gasteiger partial charge in [0, 0.05) is 46.1 Å². The van der Waals surface area contributed by atoms with Crippen molar-refractivity contribution in [3.63, 3.8) is 0 Å². The fourth-order valence-electron chi connectivity index (χ4n) is 3.85. The van der Waals surface area contributed by atoms with Gasteiger partial charge < -0.3 is 19.7 Å². The summed E-state index contributed by atoms with van der Waals surface area (Å²) in [5, 5.41) is 3.75. The van der Waals surface area contributed by atoms with E-state index < -0.39 is 0 Å². The number of carbonyl (C=O) groups is 1. The number of nitrogens with zero attached hydrogens (tertiary/aromatic N) is 4. The van der Waals surface area contributed by atoms with E-state index in [9.17, 15) is 4.79 Å². The molecule has 0 bridgehead atoms. The molecule has 1 aromatic carbocycles. The zero-order valence-corrected chi connectivity index (χ0v) is 14.2. The van der Waals surface area contributed by atoms with Crippen molar-refractivity contribution in [3.05, 3.63) is 48.0 Å².